The Bertz CT molecular complexity index is 1820. The van der Waals surface area contributed by atoms with Gasteiger partial charge in [-0.2, -0.15) is 0 Å². The predicted octanol–water partition coefficient (Wildman–Crippen LogP) is 6.17. The summed E-state index contributed by atoms with van der Waals surface area (Å²) in [4.78, 5) is 33.3. The highest BCUT2D eigenvalue weighted by Gasteiger charge is 2.16. The van der Waals surface area contributed by atoms with Crippen LogP contribution in [-0.4, -0.2) is 25.2 Å². The second-order valence-corrected chi connectivity index (χ2v) is 9.71. The Labute approximate surface area is 221 Å². The minimum atomic E-state index is -0.406. The Hall–Kier alpha value is -4.76. The number of fused-ring (bicyclic) bond motifs is 5. The molecule has 0 aliphatic rings. The van der Waals surface area contributed by atoms with Gasteiger partial charge in [0.15, 0.2) is 5.16 Å². The Morgan fingerprint density at radius 3 is 2.42 bits per heavy atom. The molecule has 6 aromatic rings. The lowest BCUT2D eigenvalue weighted by atomic mass is 10.1. The first-order valence-corrected chi connectivity index (χ1v) is 12.9. The SMILES string of the molecule is O=C(NCc1ccccc1)c1ccc2c(c1)nc(SCc1ccc([N+](=O)[O-])cc1)n1c3ccccc3nc21. The molecule has 0 aliphatic heterocycles. The summed E-state index contributed by atoms with van der Waals surface area (Å²) in [6.45, 7) is 0.437. The van der Waals surface area contributed by atoms with Crippen molar-refractivity contribution in [2.45, 2.75) is 17.5 Å². The van der Waals surface area contributed by atoms with Crippen LogP contribution in [0.4, 0.5) is 5.69 Å². The Morgan fingerprint density at radius 2 is 1.63 bits per heavy atom. The third-order valence-electron chi connectivity index (χ3n) is 6.28. The summed E-state index contributed by atoms with van der Waals surface area (Å²) in [7, 11) is 0. The van der Waals surface area contributed by atoms with Crippen molar-refractivity contribution < 1.29 is 9.72 Å². The van der Waals surface area contributed by atoms with E-state index in [-0.39, 0.29) is 11.6 Å². The number of benzene rings is 4. The largest absolute Gasteiger partial charge is 0.348 e. The highest BCUT2D eigenvalue weighted by Crippen LogP contribution is 2.31. The molecular formula is C29H21N5O3S. The van der Waals surface area contributed by atoms with Gasteiger partial charge in [0.2, 0.25) is 0 Å². The molecule has 186 valence electrons. The molecule has 38 heavy (non-hydrogen) atoms. The van der Waals surface area contributed by atoms with E-state index in [2.05, 4.69) is 5.32 Å². The number of aromatic nitrogens is 3. The van der Waals surface area contributed by atoms with Gasteiger partial charge < -0.3 is 5.32 Å². The molecule has 0 bridgehead atoms. The normalized spacial score (nSPS) is 11.3. The quantitative estimate of drug-likeness (QED) is 0.117. The van der Waals surface area contributed by atoms with E-state index < -0.39 is 4.92 Å². The van der Waals surface area contributed by atoms with Gasteiger partial charge in [0.05, 0.1) is 21.5 Å². The Balaban J connectivity index is 1.37. The number of non-ortho nitro benzene ring substituents is 1. The van der Waals surface area contributed by atoms with Crippen molar-refractivity contribution in [2.75, 3.05) is 0 Å². The molecular weight excluding hydrogens is 498 g/mol. The number of rotatable bonds is 7. The first kappa shape index (κ1) is 23.6. The summed E-state index contributed by atoms with van der Waals surface area (Å²) in [6.07, 6.45) is 0. The molecule has 0 aliphatic carbocycles. The molecule has 4 aromatic carbocycles. The van der Waals surface area contributed by atoms with E-state index in [9.17, 15) is 14.9 Å². The molecule has 8 nitrogen and oxygen atoms in total. The molecule has 6 rings (SSSR count). The lowest BCUT2D eigenvalue weighted by Crippen LogP contribution is -2.22. The molecule has 2 aromatic heterocycles. The summed E-state index contributed by atoms with van der Waals surface area (Å²) in [5.41, 5.74) is 5.77. The number of thioether (sulfide) groups is 1. The summed E-state index contributed by atoms with van der Waals surface area (Å²) in [5, 5.41) is 15.5. The van der Waals surface area contributed by atoms with Crippen LogP contribution in [0.25, 0.3) is 27.6 Å². The maximum absolute atomic E-state index is 12.9. The van der Waals surface area contributed by atoms with Crippen molar-refractivity contribution in [1.82, 2.24) is 19.7 Å². The van der Waals surface area contributed by atoms with Gasteiger partial charge in [-0.15, -0.1) is 0 Å². The van der Waals surface area contributed by atoms with Crippen LogP contribution < -0.4 is 5.32 Å². The molecule has 0 unspecified atom stereocenters. The number of para-hydroxylation sites is 2. The number of nitrogens with one attached hydrogen (secondary N) is 1. The summed E-state index contributed by atoms with van der Waals surface area (Å²) in [6, 6.07) is 29.7. The molecule has 0 spiro atoms. The van der Waals surface area contributed by atoms with Crippen molar-refractivity contribution in [3.05, 3.63) is 124 Å². The summed E-state index contributed by atoms with van der Waals surface area (Å²) < 4.78 is 2.03. The molecule has 0 radical (unpaired) electrons. The van der Waals surface area contributed by atoms with Crippen LogP contribution in [0.3, 0.4) is 0 Å². The van der Waals surface area contributed by atoms with Crippen LogP contribution in [0.5, 0.6) is 0 Å². The standard InChI is InChI=1S/C29H21N5O3S/c35-28(30-17-19-6-2-1-3-7-19)21-12-15-23-25(16-21)32-29(33-26-9-5-4-8-24(26)31-27(23)33)38-18-20-10-13-22(14-11-20)34(36)37/h1-16H,17-18H2,(H,30,35). The topological polar surface area (TPSA) is 102 Å². The fourth-order valence-corrected chi connectivity index (χ4v) is 5.31. The highest BCUT2D eigenvalue weighted by atomic mass is 32.2. The van der Waals surface area contributed by atoms with Gasteiger partial charge in [-0.1, -0.05) is 66.4 Å². The van der Waals surface area contributed by atoms with Crippen LogP contribution in [0.2, 0.25) is 0 Å². The number of amides is 1. The first-order valence-electron chi connectivity index (χ1n) is 12.0. The lowest BCUT2D eigenvalue weighted by molar-refractivity contribution is -0.384. The number of nitrogens with zero attached hydrogens (tertiary/aromatic N) is 4. The molecule has 0 fully saturated rings. The summed E-state index contributed by atoms with van der Waals surface area (Å²) in [5.74, 6) is 0.390. The van der Waals surface area contributed by atoms with Crippen molar-refractivity contribution in [3.8, 4) is 0 Å². The fraction of sp³-hybridized carbons (Fsp3) is 0.0690. The molecule has 1 N–H and O–H groups in total. The number of nitro groups is 1. The van der Waals surface area contributed by atoms with Gasteiger partial charge in [0.25, 0.3) is 11.6 Å². The van der Waals surface area contributed by atoms with Crippen molar-refractivity contribution in [3.63, 3.8) is 0 Å². The number of carbonyl (C=O) groups is 1. The zero-order valence-electron chi connectivity index (χ0n) is 20.1. The van der Waals surface area contributed by atoms with Crippen molar-refractivity contribution in [2.24, 2.45) is 0 Å². The third-order valence-corrected chi connectivity index (χ3v) is 7.29. The number of hydrogen-bond donors (Lipinski definition) is 1. The molecule has 0 saturated carbocycles. The van der Waals surface area contributed by atoms with E-state index in [0.29, 0.717) is 23.4 Å². The second kappa shape index (κ2) is 9.95. The van der Waals surface area contributed by atoms with Crippen LogP contribution in [0.1, 0.15) is 21.5 Å². The maximum Gasteiger partial charge on any atom is 0.269 e. The molecule has 0 atom stereocenters. The second-order valence-electron chi connectivity index (χ2n) is 8.77. The predicted molar refractivity (Wildman–Crippen MR) is 148 cm³/mol. The van der Waals surface area contributed by atoms with Crippen LogP contribution in [0, 0.1) is 10.1 Å². The number of carbonyl (C=O) groups excluding carboxylic acids is 1. The van der Waals surface area contributed by atoms with Crippen molar-refractivity contribution in [1.29, 1.82) is 0 Å². The Kier molecular flexibility index (Phi) is 6.19. The van der Waals surface area contributed by atoms with Gasteiger partial charge in [0, 0.05) is 35.4 Å². The van der Waals surface area contributed by atoms with Crippen LogP contribution >= 0.6 is 11.8 Å². The molecule has 9 heteroatoms. The van der Waals surface area contributed by atoms with Crippen LogP contribution in [-0.2, 0) is 12.3 Å². The van der Waals surface area contributed by atoms with Gasteiger partial charge in [-0.05, 0) is 41.5 Å². The van der Waals surface area contributed by atoms with E-state index in [0.717, 1.165) is 38.4 Å². The maximum atomic E-state index is 12.9. The zero-order chi connectivity index (χ0) is 26.1. The minimum absolute atomic E-state index is 0.0589. The van der Waals surface area contributed by atoms with Crippen LogP contribution in [0.15, 0.2) is 102 Å². The van der Waals surface area contributed by atoms with E-state index in [1.165, 1.54) is 23.9 Å². The van der Waals surface area contributed by atoms with E-state index in [1.54, 1.807) is 24.3 Å². The highest BCUT2D eigenvalue weighted by molar-refractivity contribution is 7.98. The monoisotopic (exact) mass is 519 g/mol. The van der Waals surface area contributed by atoms with E-state index in [4.69, 9.17) is 9.97 Å². The van der Waals surface area contributed by atoms with Crippen molar-refractivity contribution >= 4 is 50.9 Å². The van der Waals surface area contributed by atoms with E-state index in [1.807, 2.05) is 65.1 Å². The Morgan fingerprint density at radius 1 is 0.868 bits per heavy atom. The van der Waals surface area contributed by atoms with E-state index >= 15 is 0 Å². The molecule has 0 saturated heterocycles. The first-order chi connectivity index (χ1) is 18.6. The van der Waals surface area contributed by atoms with Gasteiger partial charge >= 0.3 is 0 Å². The van der Waals surface area contributed by atoms with Gasteiger partial charge in [0.1, 0.15) is 5.65 Å². The van der Waals surface area contributed by atoms with Gasteiger partial charge in [-0.25, -0.2) is 9.97 Å². The summed E-state index contributed by atoms with van der Waals surface area (Å²) >= 11 is 1.51. The number of imidazole rings is 1. The zero-order valence-corrected chi connectivity index (χ0v) is 20.9. The average Bonchev–Trinajstić information content (AvgIpc) is 3.35. The molecule has 1 amide bonds. The minimum Gasteiger partial charge on any atom is -0.348 e. The number of nitro benzene ring substituents is 1. The smallest absolute Gasteiger partial charge is 0.269 e. The third kappa shape index (κ3) is 4.55. The lowest BCUT2D eigenvalue weighted by Gasteiger charge is -2.10. The molecule has 2 heterocycles. The number of hydrogen-bond acceptors (Lipinski definition) is 6. The van der Waals surface area contributed by atoms with Gasteiger partial charge in [-0.3, -0.25) is 19.3 Å². The fourth-order valence-electron chi connectivity index (χ4n) is 4.35. The average molecular weight is 520 g/mol.